The molecule has 11 nitrogen and oxygen atoms in total. The van der Waals surface area contributed by atoms with Crippen LogP contribution in [0.4, 0.5) is 0 Å². The SMILES string of the molecule is CCCCc1nc(Cl)c(CC(C)OC(=O)CC(C(=O)O)N(C)C)n1Cc1ccc(-c2ccccc2-c2nn[nH]n2)cc1. The predicted octanol–water partition coefficient (Wildman–Crippen LogP) is 4.65. The van der Waals surface area contributed by atoms with Crippen LogP contribution in [0.3, 0.4) is 0 Å². The molecule has 0 fully saturated rings. The number of carbonyl (C=O) groups excluding carboxylic acids is 1. The van der Waals surface area contributed by atoms with Crippen LogP contribution in [0.2, 0.25) is 5.15 Å². The van der Waals surface area contributed by atoms with Crippen LogP contribution < -0.4 is 0 Å². The smallest absolute Gasteiger partial charge is 0.321 e. The molecule has 0 amide bonds. The van der Waals surface area contributed by atoms with Crippen LogP contribution in [0.15, 0.2) is 48.5 Å². The maximum absolute atomic E-state index is 12.5. The number of ether oxygens (including phenoxy) is 1. The molecule has 0 saturated carbocycles. The number of tetrazole rings is 1. The van der Waals surface area contributed by atoms with Gasteiger partial charge in [0.15, 0.2) is 5.15 Å². The highest BCUT2D eigenvalue weighted by atomic mass is 35.5. The first kappa shape index (κ1) is 30.9. The Kier molecular flexibility index (Phi) is 10.4. The number of unbranched alkanes of at least 4 members (excludes halogenated alkanes) is 1. The number of hydrogen-bond donors (Lipinski definition) is 2. The van der Waals surface area contributed by atoms with Crippen LogP contribution in [-0.2, 0) is 33.7 Å². The summed E-state index contributed by atoms with van der Waals surface area (Å²) in [5.74, 6) is -0.243. The van der Waals surface area contributed by atoms with E-state index in [0.29, 0.717) is 23.9 Å². The first-order valence-corrected chi connectivity index (χ1v) is 14.3. The molecule has 0 aliphatic carbocycles. The van der Waals surface area contributed by atoms with Gasteiger partial charge in [0.2, 0.25) is 5.82 Å². The number of aromatic nitrogens is 6. The lowest BCUT2D eigenvalue weighted by Crippen LogP contribution is -2.38. The predicted molar refractivity (Wildman–Crippen MR) is 159 cm³/mol. The van der Waals surface area contributed by atoms with Gasteiger partial charge in [0.05, 0.1) is 12.1 Å². The van der Waals surface area contributed by atoms with Crippen molar-refractivity contribution >= 4 is 23.5 Å². The number of esters is 1. The zero-order valence-electron chi connectivity index (χ0n) is 24.2. The van der Waals surface area contributed by atoms with Gasteiger partial charge in [0.25, 0.3) is 0 Å². The average molecular weight is 594 g/mol. The minimum Gasteiger partial charge on any atom is -0.480 e. The van der Waals surface area contributed by atoms with E-state index >= 15 is 0 Å². The summed E-state index contributed by atoms with van der Waals surface area (Å²) in [6.07, 6.45) is 2.32. The molecule has 12 heteroatoms. The van der Waals surface area contributed by atoms with E-state index in [-0.39, 0.29) is 6.42 Å². The minimum atomic E-state index is -1.07. The summed E-state index contributed by atoms with van der Waals surface area (Å²) >= 11 is 6.64. The molecule has 222 valence electrons. The Morgan fingerprint density at radius 2 is 1.83 bits per heavy atom. The molecule has 0 radical (unpaired) electrons. The fourth-order valence-electron chi connectivity index (χ4n) is 4.83. The van der Waals surface area contributed by atoms with Gasteiger partial charge in [-0.3, -0.25) is 14.5 Å². The Hall–Kier alpha value is -4.09. The first-order chi connectivity index (χ1) is 20.2. The van der Waals surface area contributed by atoms with Crippen molar-refractivity contribution in [2.24, 2.45) is 0 Å². The summed E-state index contributed by atoms with van der Waals surface area (Å²) in [5.41, 5.74) is 4.73. The number of benzene rings is 2. The lowest BCUT2D eigenvalue weighted by atomic mass is 9.98. The van der Waals surface area contributed by atoms with Gasteiger partial charge in [0.1, 0.15) is 18.0 Å². The fourth-order valence-corrected chi connectivity index (χ4v) is 5.10. The van der Waals surface area contributed by atoms with E-state index < -0.39 is 24.1 Å². The quantitative estimate of drug-likeness (QED) is 0.200. The molecule has 2 heterocycles. The van der Waals surface area contributed by atoms with E-state index in [0.717, 1.165) is 53.0 Å². The number of likely N-dealkylation sites (N-methyl/N-ethyl adjacent to an activating group) is 1. The largest absolute Gasteiger partial charge is 0.480 e. The van der Waals surface area contributed by atoms with Gasteiger partial charge in [-0.25, -0.2) is 4.98 Å². The highest BCUT2D eigenvalue weighted by Crippen LogP contribution is 2.30. The van der Waals surface area contributed by atoms with E-state index in [4.69, 9.17) is 16.3 Å². The Balaban J connectivity index is 1.54. The molecular weight excluding hydrogens is 558 g/mol. The van der Waals surface area contributed by atoms with Gasteiger partial charge >= 0.3 is 11.9 Å². The Bertz CT molecular complexity index is 1490. The lowest BCUT2D eigenvalue weighted by Gasteiger charge is -2.21. The van der Waals surface area contributed by atoms with Crippen LogP contribution in [-0.4, -0.2) is 78.4 Å². The molecule has 2 atom stereocenters. The summed E-state index contributed by atoms with van der Waals surface area (Å²) in [6, 6.07) is 15.2. The van der Waals surface area contributed by atoms with Crippen molar-refractivity contribution in [1.29, 1.82) is 0 Å². The number of nitrogens with zero attached hydrogens (tertiary/aromatic N) is 6. The normalized spacial score (nSPS) is 12.8. The zero-order valence-corrected chi connectivity index (χ0v) is 25.0. The number of nitrogens with one attached hydrogen (secondary N) is 1. The number of aryl methyl sites for hydroxylation is 1. The molecule has 0 saturated heterocycles. The molecule has 0 spiro atoms. The van der Waals surface area contributed by atoms with Gasteiger partial charge in [-0.2, -0.15) is 5.21 Å². The van der Waals surface area contributed by atoms with Gasteiger partial charge in [0, 0.05) is 24.9 Å². The third-order valence-corrected chi connectivity index (χ3v) is 7.36. The third kappa shape index (κ3) is 7.59. The number of halogens is 1. The van der Waals surface area contributed by atoms with E-state index in [1.807, 2.05) is 24.3 Å². The van der Waals surface area contributed by atoms with E-state index in [2.05, 4.69) is 61.4 Å². The van der Waals surface area contributed by atoms with E-state index in [9.17, 15) is 14.7 Å². The maximum atomic E-state index is 12.5. The lowest BCUT2D eigenvalue weighted by molar-refractivity contribution is -0.155. The van der Waals surface area contributed by atoms with Crippen molar-refractivity contribution in [2.45, 2.75) is 64.6 Å². The monoisotopic (exact) mass is 593 g/mol. The van der Waals surface area contributed by atoms with Crippen molar-refractivity contribution in [3.05, 3.63) is 70.8 Å². The Morgan fingerprint density at radius 1 is 1.12 bits per heavy atom. The van der Waals surface area contributed by atoms with Crippen molar-refractivity contribution in [3.8, 4) is 22.5 Å². The van der Waals surface area contributed by atoms with Crippen molar-refractivity contribution in [1.82, 2.24) is 35.1 Å². The average Bonchev–Trinajstić information content (AvgIpc) is 3.60. The molecule has 4 rings (SSSR count). The van der Waals surface area contributed by atoms with Crippen LogP contribution >= 0.6 is 11.6 Å². The number of aromatic amines is 1. The second-order valence-corrected chi connectivity index (χ2v) is 10.8. The number of rotatable bonds is 14. The molecule has 2 N–H and O–H groups in total. The molecule has 2 unspecified atom stereocenters. The summed E-state index contributed by atoms with van der Waals surface area (Å²) in [6.45, 7) is 4.45. The number of hydrogen-bond acceptors (Lipinski definition) is 8. The summed E-state index contributed by atoms with van der Waals surface area (Å²) in [7, 11) is 3.23. The molecule has 4 aromatic rings. The van der Waals surface area contributed by atoms with Crippen LogP contribution in [0.1, 0.15) is 50.2 Å². The topological polar surface area (TPSA) is 139 Å². The number of aliphatic carboxylic acids is 1. The van der Waals surface area contributed by atoms with Crippen molar-refractivity contribution in [2.75, 3.05) is 14.1 Å². The maximum Gasteiger partial charge on any atom is 0.321 e. The van der Waals surface area contributed by atoms with Crippen molar-refractivity contribution < 1.29 is 19.4 Å². The van der Waals surface area contributed by atoms with Crippen LogP contribution in [0.5, 0.6) is 0 Å². The molecule has 2 aromatic carbocycles. The molecular formula is C30H36ClN7O4. The van der Waals surface area contributed by atoms with Gasteiger partial charge in [-0.1, -0.05) is 73.5 Å². The number of H-pyrrole nitrogens is 1. The first-order valence-electron chi connectivity index (χ1n) is 13.9. The molecule has 0 aliphatic heterocycles. The summed E-state index contributed by atoms with van der Waals surface area (Å²) in [4.78, 5) is 30.2. The number of carboxylic acids is 1. The van der Waals surface area contributed by atoms with Gasteiger partial charge in [-0.15, -0.1) is 10.2 Å². The van der Waals surface area contributed by atoms with E-state index in [1.54, 1.807) is 21.0 Å². The standard InChI is InChI=1S/C30H36ClN7O4/c1-5-6-11-26-32-28(31)24(16-19(2)42-27(39)17-25(30(40)41)37(3)4)38(26)18-20-12-14-21(15-13-20)22-9-7-8-10-23(22)29-33-35-36-34-29/h7-10,12-15,19,25H,5-6,11,16-18H2,1-4H3,(H,40,41)(H,33,34,35,36). The van der Waals surface area contributed by atoms with Gasteiger partial charge in [-0.05, 0) is 49.3 Å². The molecule has 0 aliphatic rings. The highest BCUT2D eigenvalue weighted by molar-refractivity contribution is 6.30. The highest BCUT2D eigenvalue weighted by Gasteiger charge is 2.26. The van der Waals surface area contributed by atoms with Crippen molar-refractivity contribution in [3.63, 3.8) is 0 Å². The van der Waals surface area contributed by atoms with Crippen LogP contribution in [0.25, 0.3) is 22.5 Å². The Labute approximate surface area is 249 Å². The molecule has 0 bridgehead atoms. The molecule has 2 aromatic heterocycles. The van der Waals surface area contributed by atoms with Gasteiger partial charge < -0.3 is 14.4 Å². The fraction of sp³-hybridized carbons (Fsp3) is 0.400. The number of carbonyl (C=O) groups is 2. The van der Waals surface area contributed by atoms with E-state index in [1.165, 1.54) is 4.90 Å². The number of imidazole rings is 1. The minimum absolute atomic E-state index is 0.246. The second-order valence-electron chi connectivity index (χ2n) is 10.5. The summed E-state index contributed by atoms with van der Waals surface area (Å²) < 4.78 is 7.70. The molecule has 42 heavy (non-hydrogen) atoms. The van der Waals surface area contributed by atoms with Crippen LogP contribution in [0, 0.1) is 0 Å². The zero-order chi connectivity index (χ0) is 30.2. The Morgan fingerprint density at radius 3 is 2.45 bits per heavy atom. The number of carboxylic acid groups (broad SMARTS) is 1. The third-order valence-electron chi connectivity index (χ3n) is 7.06. The second kappa shape index (κ2) is 14.2. The summed E-state index contributed by atoms with van der Waals surface area (Å²) in [5, 5.41) is 24.2.